The van der Waals surface area contributed by atoms with Gasteiger partial charge in [0.05, 0.1) is 16.3 Å². The number of carboxylic acid groups (broad SMARTS) is 1. The van der Waals surface area contributed by atoms with E-state index < -0.39 is 5.97 Å². The SMILES string of the molecule is Cc1nc(CCNCc2cc(C(=O)O)cs2)cs1. The summed E-state index contributed by atoms with van der Waals surface area (Å²) in [6, 6.07) is 1.72. The molecule has 0 aliphatic heterocycles. The van der Waals surface area contributed by atoms with Gasteiger partial charge < -0.3 is 10.4 Å². The fourth-order valence-corrected chi connectivity index (χ4v) is 3.01. The standard InChI is InChI=1S/C12H14N2O2S2/c1-8-14-10(7-17-8)2-3-13-5-11-4-9(6-18-11)12(15)16/h4,6-7,13H,2-3,5H2,1H3,(H,15,16). The molecule has 2 N–H and O–H groups in total. The quantitative estimate of drug-likeness (QED) is 0.799. The lowest BCUT2D eigenvalue weighted by Crippen LogP contribution is -2.16. The fourth-order valence-electron chi connectivity index (χ4n) is 1.54. The molecule has 4 nitrogen and oxygen atoms in total. The maximum Gasteiger partial charge on any atom is 0.336 e. The number of aromatic carboxylic acids is 1. The van der Waals surface area contributed by atoms with Crippen molar-refractivity contribution in [3.05, 3.63) is 38.0 Å². The normalized spacial score (nSPS) is 10.7. The predicted molar refractivity (Wildman–Crippen MR) is 73.5 cm³/mol. The molecule has 6 heteroatoms. The van der Waals surface area contributed by atoms with Gasteiger partial charge in [0.15, 0.2) is 0 Å². The number of thiophene rings is 1. The van der Waals surface area contributed by atoms with Gasteiger partial charge in [-0.3, -0.25) is 0 Å². The minimum absolute atomic E-state index is 0.368. The Bertz CT molecular complexity index is 534. The van der Waals surface area contributed by atoms with Gasteiger partial charge in [0.25, 0.3) is 0 Å². The molecule has 0 bridgehead atoms. The number of hydrogen-bond donors (Lipinski definition) is 2. The molecule has 0 amide bonds. The van der Waals surface area contributed by atoms with Crippen LogP contribution in [0.25, 0.3) is 0 Å². The van der Waals surface area contributed by atoms with E-state index in [0.717, 1.165) is 28.5 Å². The summed E-state index contributed by atoms with van der Waals surface area (Å²) < 4.78 is 0. The van der Waals surface area contributed by atoms with Crippen molar-refractivity contribution in [2.24, 2.45) is 0 Å². The van der Waals surface area contributed by atoms with Crippen molar-refractivity contribution < 1.29 is 9.90 Å². The molecule has 0 saturated heterocycles. The minimum Gasteiger partial charge on any atom is -0.478 e. The highest BCUT2D eigenvalue weighted by Crippen LogP contribution is 2.14. The molecular weight excluding hydrogens is 268 g/mol. The van der Waals surface area contributed by atoms with Crippen LogP contribution in [0.5, 0.6) is 0 Å². The lowest BCUT2D eigenvalue weighted by atomic mass is 10.3. The van der Waals surface area contributed by atoms with E-state index in [2.05, 4.69) is 15.7 Å². The van der Waals surface area contributed by atoms with Crippen LogP contribution in [0.2, 0.25) is 0 Å². The van der Waals surface area contributed by atoms with E-state index in [0.29, 0.717) is 12.1 Å². The highest BCUT2D eigenvalue weighted by atomic mass is 32.1. The molecule has 96 valence electrons. The van der Waals surface area contributed by atoms with Gasteiger partial charge in [-0.15, -0.1) is 22.7 Å². The van der Waals surface area contributed by atoms with Crippen molar-refractivity contribution in [1.29, 1.82) is 0 Å². The van der Waals surface area contributed by atoms with E-state index in [1.54, 1.807) is 22.8 Å². The number of nitrogens with one attached hydrogen (secondary N) is 1. The van der Waals surface area contributed by atoms with Gasteiger partial charge in [-0.05, 0) is 13.0 Å². The zero-order valence-corrected chi connectivity index (χ0v) is 11.6. The molecule has 2 aromatic rings. The first-order chi connectivity index (χ1) is 8.65. The topological polar surface area (TPSA) is 62.2 Å². The Balaban J connectivity index is 1.73. The second-order valence-electron chi connectivity index (χ2n) is 3.89. The van der Waals surface area contributed by atoms with Gasteiger partial charge in [-0.2, -0.15) is 0 Å². The van der Waals surface area contributed by atoms with Gasteiger partial charge in [-0.1, -0.05) is 0 Å². The zero-order valence-electron chi connectivity index (χ0n) is 9.97. The second-order valence-corrected chi connectivity index (χ2v) is 5.95. The largest absolute Gasteiger partial charge is 0.478 e. The third-order valence-electron chi connectivity index (χ3n) is 2.42. The summed E-state index contributed by atoms with van der Waals surface area (Å²) in [4.78, 5) is 16.1. The molecule has 0 aromatic carbocycles. The number of hydrogen-bond acceptors (Lipinski definition) is 5. The van der Waals surface area contributed by atoms with Gasteiger partial charge in [0.2, 0.25) is 0 Å². The van der Waals surface area contributed by atoms with E-state index in [4.69, 9.17) is 5.11 Å². The second kappa shape index (κ2) is 6.08. The van der Waals surface area contributed by atoms with Crippen molar-refractivity contribution in [1.82, 2.24) is 10.3 Å². The van der Waals surface area contributed by atoms with Crippen LogP contribution in [0.15, 0.2) is 16.8 Å². The third-order valence-corrected chi connectivity index (χ3v) is 4.18. The first-order valence-corrected chi connectivity index (χ1v) is 7.33. The summed E-state index contributed by atoms with van der Waals surface area (Å²) in [5.41, 5.74) is 1.48. The Kier molecular flexibility index (Phi) is 4.46. The Morgan fingerprint density at radius 1 is 1.44 bits per heavy atom. The molecule has 0 saturated carbocycles. The summed E-state index contributed by atoms with van der Waals surface area (Å²) >= 11 is 3.13. The first-order valence-electron chi connectivity index (χ1n) is 5.57. The molecule has 0 radical (unpaired) electrons. The summed E-state index contributed by atoms with van der Waals surface area (Å²) in [5, 5.41) is 16.9. The Morgan fingerprint density at radius 2 is 2.28 bits per heavy atom. The van der Waals surface area contributed by atoms with Gasteiger partial charge in [0, 0.05) is 35.1 Å². The van der Waals surface area contributed by atoms with E-state index in [-0.39, 0.29) is 0 Å². The summed E-state index contributed by atoms with van der Waals surface area (Å²) in [6.45, 7) is 3.56. The van der Waals surface area contributed by atoms with Crippen LogP contribution in [0.1, 0.15) is 25.9 Å². The first kappa shape index (κ1) is 13.2. The van der Waals surface area contributed by atoms with Gasteiger partial charge in [-0.25, -0.2) is 9.78 Å². The molecule has 0 fully saturated rings. The number of carbonyl (C=O) groups is 1. The average Bonchev–Trinajstić information content (AvgIpc) is 2.93. The van der Waals surface area contributed by atoms with Crippen LogP contribution in [0.4, 0.5) is 0 Å². The predicted octanol–water partition coefficient (Wildman–Crippen LogP) is 2.54. The summed E-state index contributed by atoms with van der Waals surface area (Å²) in [7, 11) is 0. The molecule has 0 aliphatic rings. The Labute approximate surface area is 113 Å². The van der Waals surface area contributed by atoms with Crippen LogP contribution < -0.4 is 5.32 Å². The van der Waals surface area contributed by atoms with Gasteiger partial charge in [0.1, 0.15) is 0 Å². The van der Waals surface area contributed by atoms with Crippen LogP contribution in [0, 0.1) is 6.92 Å². The van der Waals surface area contributed by atoms with E-state index in [1.165, 1.54) is 11.3 Å². The number of aromatic nitrogens is 1. The minimum atomic E-state index is -0.865. The smallest absolute Gasteiger partial charge is 0.336 e. The highest BCUT2D eigenvalue weighted by Gasteiger charge is 2.06. The van der Waals surface area contributed by atoms with Crippen molar-refractivity contribution in [2.75, 3.05) is 6.54 Å². The number of rotatable bonds is 6. The van der Waals surface area contributed by atoms with E-state index in [9.17, 15) is 4.79 Å². The van der Waals surface area contributed by atoms with Crippen molar-refractivity contribution in [3.63, 3.8) is 0 Å². The molecule has 0 unspecified atom stereocenters. The lowest BCUT2D eigenvalue weighted by Gasteiger charge is -2.00. The van der Waals surface area contributed by atoms with Crippen LogP contribution in [0.3, 0.4) is 0 Å². The summed E-state index contributed by atoms with van der Waals surface area (Å²) in [6.07, 6.45) is 0.904. The lowest BCUT2D eigenvalue weighted by molar-refractivity contribution is 0.0697. The molecule has 0 spiro atoms. The molecule has 0 aliphatic carbocycles. The number of carboxylic acids is 1. The molecule has 0 atom stereocenters. The molecule has 2 rings (SSSR count). The molecular formula is C12H14N2O2S2. The fraction of sp³-hybridized carbons (Fsp3) is 0.333. The highest BCUT2D eigenvalue weighted by molar-refractivity contribution is 7.10. The van der Waals surface area contributed by atoms with Crippen molar-refractivity contribution in [2.45, 2.75) is 19.9 Å². The maximum absolute atomic E-state index is 10.7. The zero-order chi connectivity index (χ0) is 13.0. The van der Waals surface area contributed by atoms with Crippen molar-refractivity contribution >= 4 is 28.6 Å². The number of aryl methyl sites for hydroxylation is 1. The third kappa shape index (κ3) is 3.63. The Morgan fingerprint density at radius 3 is 2.89 bits per heavy atom. The average molecular weight is 282 g/mol. The van der Waals surface area contributed by atoms with Gasteiger partial charge >= 0.3 is 5.97 Å². The number of nitrogens with zero attached hydrogens (tertiary/aromatic N) is 1. The van der Waals surface area contributed by atoms with Crippen LogP contribution in [-0.2, 0) is 13.0 Å². The monoisotopic (exact) mass is 282 g/mol. The van der Waals surface area contributed by atoms with Crippen LogP contribution >= 0.6 is 22.7 Å². The molecule has 18 heavy (non-hydrogen) atoms. The van der Waals surface area contributed by atoms with E-state index >= 15 is 0 Å². The summed E-state index contributed by atoms with van der Waals surface area (Å²) in [5.74, 6) is -0.865. The molecule has 2 heterocycles. The Hall–Kier alpha value is -1.24. The van der Waals surface area contributed by atoms with Crippen molar-refractivity contribution in [3.8, 4) is 0 Å². The number of thiazole rings is 1. The van der Waals surface area contributed by atoms with Crippen LogP contribution in [-0.4, -0.2) is 22.6 Å². The maximum atomic E-state index is 10.7. The van der Waals surface area contributed by atoms with E-state index in [1.807, 2.05) is 6.92 Å². The molecule has 2 aromatic heterocycles.